The molecule has 1 aromatic carbocycles. The van der Waals surface area contributed by atoms with Gasteiger partial charge in [0.05, 0.1) is 12.7 Å². The highest BCUT2D eigenvalue weighted by Crippen LogP contribution is 2.33. The lowest BCUT2D eigenvalue weighted by Crippen LogP contribution is -2.20. The van der Waals surface area contributed by atoms with E-state index in [0.29, 0.717) is 12.1 Å². The van der Waals surface area contributed by atoms with Crippen molar-refractivity contribution in [3.63, 3.8) is 0 Å². The number of carbonyl (C=O) groups is 2. The molecule has 0 spiro atoms. The van der Waals surface area contributed by atoms with E-state index in [9.17, 15) is 27.2 Å². The van der Waals surface area contributed by atoms with E-state index >= 15 is 0 Å². The van der Waals surface area contributed by atoms with Crippen LogP contribution in [0.25, 0.3) is 0 Å². The predicted molar refractivity (Wildman–Crippen MR) is 57.0 cm³/mol. The number of Topliss-reactive ketones (excluding diaryl/α,β-unsaturated/α-hetero) is 1. The fraction of sp³-hybridized carbons (Fsp3) is 0.273. The number of ketones is 1. The molecule has 0 amide bonds. The van der Waals surface area contributed by atoms with Crippen LogP contribution in [0.5, 0.6) is 0 Å². The summed E-state index contributed by atoms with van der Waals surface area (Å²) in [5.74, 6) is -3.81. The van der Waals surface area contributed by atoms with Crippen molar-refractivity contribution in [1.29, 1.82) is 0 Å². The molecular formula is C11H7ClF4O3. The van der Waals surface area contributed by atoms with Crippen molar-refractivity contribution in [2.75, 3.05) is 7.11 Å². The van der Waals surface area contributed by atoms with Gasteiger partial charge in [0, 0.05) is 0 Å². The Balaban J connectivity index is 3.18. The number of rotatable bonds is 3. The number of hydrogen-bond donors (Lipinski definition) is 0. The number of halogens is 5. The summed E-state index contributed by atoms with van der Waals surface area (Å²) in [6.07, 6.45) is -4.79. The van der Waals surface area contributed by atoms with Gasteiger partial charge in [-0.05, 0) is 23.8 Å². The second-order valence-corrected chi connectivity index (χ2v) is 3.93. The predicted octanol–water partition coefficient (Wildman–Crippen LogP) is 2.87. The second kappa shape index (κ2) is 5.56. The standard InChI is InChI=1S/C11H7ClF4O3/c1-19-10(18)9(17)8(12)5-2-6(11(14,15)16)4-7(13)3-5/h2-4,8H,1H3/t8-/m0/s1. The lowest BCUT2D eigenvalue weighted by atomic mass is 10.0. The summed E-state index contributed by atoms with van der Waals surface area (Å²) in [5, 5.41) is -1.75. The molecule has 0 N–H and O–H groups in total. The fourth-order valence-electron chi connectivity index (χ4n) is 1.28. The van der Waals surface area contributed by atoms with Crippen LogP contribution in [0.3, 0.4) is 0 Å². The highest BCUT2D eigenvalue weighted by Gasteiger charge is 2.33. The van der Waals surface area contributed by atoms with Crippen LogP contribution in [0.1, 0.15) is 16.5 Å². The molecule has 0 aliphatic rings. The maximum atomic E-state index is 13.1. The topological polar surface area (TPSA) is 43.4 Å². The number of alkyl halides is 4. The molecule has 0 unspecified atom stereocenters. The van der Waals surface area contributed by atoms with Gasteiger partial charge in [-0.1, -0.05) is 0 Å². The molecule has 0 saturated carbocycles. The van der Waals surface area contributed by atoms with Gasteiger partial charge >= 0.3 is 12.1 Å². The molecule has 0 aromatic heterocycles. The zero-order valence-corrected chi connectivity index (χ0v) is 10.2. The fourth-order valence-corrected chi connectivity index (χ4v) is 1.49. The third kappa shape index (κ3) is 3.66. The minimum absolute atomic E-state index is 0.260. The first-order valence-electron chi connectivity index (χ1n) is 4.80. The third-order valence-corrected chi connectivity index (χ3v) is 2.61. The first kappa shape index (κ1) is 15.4. The molecule has 1 atom stereocenters. The Labute approximate surface area is 110 Å². The molecule has 104 valence electrons. The lowest BCUT2D eigenvalue weighted by Gasteiger charge is -2.12. The van der Waals surface area contributed by atoms with Crippen molar-refractivity contribution in [3.05, 3.63) is 35.1 Å². The summed E-state index contributed by atoms with van der Waals surface area (Å²) in [5.41, 5.74) is -1.77. The van der Waals surface area contributed by atoms with Gasteiger partial charge in [0.1, 0.15) is 11.2 Å². The summed E-state index contributed by atoms with van der Waals surface area (Å²) in [6, 6.07) is 1.41. The Morgan fingerprint density at radius 2 is 1.84 bits per heavy atom. The molecule has 1 rings (SSSR count). The molecule has 0 saturated heterocycles. The van der Waals surface area contributed by atoms with Crippen LogP contribution in [-0.2, 0) is 20.5 Å². The summed E-state index contributed by atoms with van der Waals surface area (Å²) in [4.78, 5) is 22.3. The molecule has 19 heavy (non-hydrogen) atoms. The quantitative estimate of drug-likeness (QED) is 0.373. The van der Waals surface area contributed by atoms with Crippen LogP contribution < -0.4 is 0 Å². The summed E-state index contributed by atoms with van der Waals surface area (Å²) >= 11 is 5.54. The highest BCUT2D eigenvalue weighted by molar-refractivity contribution is 6.47. The van der Waals surface area contributed by atoms with Gasteiger partial charge in [0.2, 0.25) is 0 Å². The zero-order valence-electron chi connectivity index (χ0n) is 9.42. The number of hydrogen-bond acceptors (Lipinski definition) is 3. The first-order valence-corrected chi connectivity index (χ1v) is 5.24. The van der Waals surface area contributed by atoms with E-state index in [1.54, 1.807) is 0 Å². The second-order valence-electron chi connectivity index (χ2n) is 3.49. The van der Waals surface area contributed by atoms with Crippen LogP contribution in [0, 0.1) is 5.82 Å². The molecule has 1 aromatic rings. The molecule has 0 aliphatic carbocycles. The lowest BCUT2D eigenvalue weighted by molar-refractivity contribution is -0.151. The maximum Gasteiger partial charge on any atom is 0.416 e. The van der Waals surface area contributed by atoms with Crippen LogP contribution in [-0.4, -0.2) is 18.9 Å². The van der Waals surface area contributed by atoms with E-state index in [2.05, 4.69) is 4.74 Å². The van der Waals surface area contributed by atoms with Crippen LogP contribution in [0.15, 0.2) is 18.2 Å². The van der Waals surface area contributed by atoms with Crippen molar-refractivity contribution in [3.8, 4) is 0 Å². The van der Waals surface area contributed by atoms with Crippen molar-refractivity contribution < 1.29 is 31.9 Å². The van der Waals surface area contributed by atoms with E-state index < -0.39 is 40.3 Å². The van der Waals surface area contributed by atoms with Gasteiger partial charge in [0.25, 0.3) is 5.78 Å². The molecule has 8 heteroatoms. The van der Waals surface area contributed by atoms with Gasteiger partial charge in [-0.15, -0.1) is 11.6 Å². The number of ether oxygens (including phenoxy) is 1. The summed E-state index contributed by atoms with van der Waals surface area (Å²) in [7, 11) is 0.913. The molecule has 0 bridgehead atoms. The average molecular weight is 299 g/mol. The molecular weight excluding hydrogens is 292 g/mol. The monoisotopic (exact) mass is 298 g/mol. The Kier molecular flexibility index (Phi) is 4.52. The Morgan fingerprint density at radius 1 is 1.26 bits per heavy atom. The van der Waals surface area contributed by atoms with Crippen molar-refractivity contribution in [2.45, 2.75) is 11.6 Å². The first-order chi connectivity index (χ1) is 8.66. The minimum atomic E-state index is -4.79. The normalized spacial score (nSPS) is 12.9. The van der Waals surface area contributed by atoms with Gasteiger partial charge < -0.3 is 4.74 Å². The van der Waals surface area contributed by atoms with Crippen LogP contribution >= 0.6 is 11.6 Å². The molecule has 0 radical (unpaired) electrons. The Bertz CT molecular complexity index is 513. The smallest absolute Gasteiger partial charge is 0.416 e. The van der Waals surface area contributed by atoms with Gasteiger partial charge in [-0.25, -0.2) is 9.18 Å². The number of carbonyl (C=O) groups excluding carboxylic acids is 2. The van der Waals surface area contributed by atoms with Crippen molar-refractivity contribution >= 4 is 23.4 Å². The number of methoxy groups -OCH3 is 1. The van der Waals surface area contributed by atoms with Crippen molar-refractivity contribution in [1.82, 2.24) is 0 Å². The van der Waals surface area contributed by atoms with E-state index in [-0.39, 0.29) is 6.07 Å². The van der Waals surface area contributed by atoms with E-state index in [1.165, 1.54) is 0 Å². The average Bonchev–Trinajstić information content (AvgIpc) is 2.34. The van der Waals surface area contributed by atoms with E-state index in [0.717, 1.165) is 7.11 Å². The Morgan fingerprint density at radius 3 is 2.32 bits per heavy atom. The largest absolute Gasteiger partial charge is 0.463 e. The van der Waals surface area contributed by atoms with E-state index in [4.69, 9.17) is 11.6 Å². The highest BCUT2D eigenvalue weighted by atomic mass is 35.5. The van der Waals surface area contributed by atoms with Gasteiger partial charge in [0.15, 0.2) is 0 Å². The Hall–Kier alpha value is -1.63. The van der Waals surface area contributed by atoms with Gasteiger partial charge in [-0.2, -0.15) is 13.2 Å². The molecule has 0 aliphatic heterocycles. The SMILES string of the molecule is COC(=O)C(=O)[C@@H](Cl)c1cc(F)cc(C(F)(F)F)c1. The minimum Gasteiger partial charge on any atom is -0.463 e. The van der Waals surface area contributed by atoms with Crippen LogP contribution in [0.2, 0.25) is 0 Å². The van der Waals surface area contributed by atoms with E-state index in [1.807, 2.05) is 0 Å². The van der Waals surface area contributed by atoms with Crippen molar-refractivity contribution in [2.24, 2.45) is 0 Å². The van der Waals surface area contributed by atoms with Crippen LogP contribution in [0.4, 0.5) is 17.6 Å². The molecule has 3 nitrogen and oxygen atoms in total. The molecule has 0 heterocycles. The third-order valence-electron chi connectivity index (χ3n) is 2.16. The summed E-state index contributed by atoms with van der Waals surface area (Å²) < 4.78 is 54.5. The molecule has 0 fully saturated rings. The summed E-state index contributed by atoms with van der Waals surface area (Å²) in [6.45, 7) is 0. The zero-order chi connectivity index (χ0) is 14.8. The number of esters is 1. The maximum absolute atomic E-state index is 13.1. The van der Waals surface area contributed by atoms with Gasteiger partial charge in [-0.3, -0.25) is 4.79 Å². The number of benzene rings is 1.